The van der Waals surface area contributed by atoms with Crippen molar-refractivity contribution in [2.75, 3.05) is 0 Å². The van der Waals surface area contributed by atoms with Crippen molar-refractivity contribution in [2.24, 2.45) is 0 Å². The van der Waals surface area contributed by atoms with Crippen LogP contribution in [-0.2, 0) is 0 Å². The fourth-order valence-electron chi connectivity index (χ4n) is 2.18. The maximum absolute atomic E-state index is 4.07. The van der Waals surface area contributed by atoms with Crippen molar-refractivity contribution in [3.05, 3.63) is 72.8 Å². The molecular formula is C17H14N2. The molecule has 3 rings (SSSR count). The standard InChI is InChI=1S/C17H14N2/c1-13-7-8-15(16-10-18-12-19-11-16)9-17(13)14-5-3-2-4-6-14/h2-12H,1H3. The van der Waals surface area contributed by atoms with E-state index in [2.05, 4.69) is 59.4 Å². The quantitative estimate of drug-likeness (QED) is 0.679. The Balaban J connectivity index is 2.12. The molecule has 0 atom stereocenters. The Hall–Kier alpha value is -2.48. The van der Waals surface area contributed by atoms with E-state index in [9.17, 15) is 0 Å². The SMILES string of the molecule is Cc1ccc(-c2cncnc2)cc1-c1ccccc1. The van der Waals surface area contributed by atoms with Gasteiger partial charge in [-0.25, -0.2) is 9.97 Å². The summed E-state index contributed by atoms with van der Waals surface area (Å²) in [5.74, 6) is 0. The predicted molar refractivity (Wildman–Crippen MR) is 77.6 cm³/mol. The third kappa shape index (κ3) is 2.38. The van der Waals surface area contributed by atoms with Gasteiger partial charge in [0.25, 0.3) is 0 Å². The molecule has 19 heavy (non-hydrogen) atoms. The zero-order valence-corrected chi connectivity index (χ0v) is 10.7. The Morgan fingerprint density at radius 3 is 2.21 bits per heavy atom. The van der Waals surface area contributed by atoms with Gasteiger partial charge < -0.3 is 0 Å². The molecule has 92 valence electrons. The molecular weight excluding hydrogens is 232 g/mol. The van der Waals surface area contributed by atoms with Crippen LogP contribution in [0.2, 0.25) is 0 Å². The molecule has 0 aliphatic heterocycles. The Kier molecular flexibility index (Phi) is 3.07. The predicted octanol–water partition coefficient (Wildman–Crippen LogP) is 4.12. The number of hydrogen-bond donors (Lipinski definition) is 0. The Morgan fingerprint density at radius 1 is 0.737 bits per heavy atom. The number of hydrogen-bond acceptors (Lipinski definition) is 2. The Morgan fingerprint density at radius 2 is 1.47 bits per heavy atom. The minimum Gasteiger partial charge on any atom is -0.244 e. The zero-order valence-electron chi connectivity index (χ0n) is 10.7. The van der Waals surface area contributed by atoms with Crippen molar-refractivity contribution >= 4 is 0 Å². The van der Waals surface area contributed by atoms with E-state index in [1.807, 2.05) is 18.5 Å². The second kappa shape index (κ2) is 5.02. The molecule has 2 aromatic carbocycles. The first-order valence-corrected chi connectivity index (χ1v) is 6.26. The van der Waals surface area contributed by atoms with Gasteiger partial charge in [0.2, 0.25) is 0 Å². The van der Waals surface area contributed by atoms with Crippen molar-refractivity contribution in [2.45, 2.75) is 6.92 Å². The van der Waals surface area contributed by atoms with Crippen LogP contribution in [0.25, 0.3) is 22.3 Å². The van der Waals surface area contributed by atoms with Crippen LogP contribution < -0.4 is 0 Å². The summed E-state index contributed by atoms with van der Waals surface area (Å²) < 4.78 is 0. The third-order valence-electron chi connectivity index (χ3n) is 3.22. The molecule has 0 spiro atoms. The van der Waals surface area contributed by atoms with Crippen LogP contribution in [0.15, 0.2) is 67.3 Å². The van der Waals surface area contributed by atoms with Gasteiger partial charge >= 0.3 is 0 Å². The highest BCUT2D eigenvalue weighted by atomic mass is 14.8. The molecule has 0 bridgehead atoms. The van der Waals surface area contributed by atoms with Crippen LogP contribution in [-0.4, -0.2) is 9.97 Å². The minimum atomic E-state index is 1.04. The zero-order chi connectivity index (χ0) is 13.1. The fourth-order valence-corrected chi connectivity index (χ4v) is 2.18. The molecule has 3 aromatic rings. The van der Waals surface area contributed by atoms with E-state index >= 15 is 0 Å². The molecule has 0 amide bonds. The van der Waals surface area contributed by atoms with Crippen molar-refractivity contribution in [1.82, 2.24) is 9.97 Å². The maximum Gasteiger partial charge on any atom is 0.115 e. The summed E-state index contributed by atoms with van der Waals surface area (Å²) in [6, 6.07) is 16.9. The monoisotopic (exact) mass is 246 g/mol. The number of benzene rings is 2. The highest BCUT2D eigenvalue weighted by Gasteiger charge is 2.04. The molecule has 0 fully saturated rings. The number of aromatic nitrogens is 2. The summed E-state index contributed by atoms with van der Waals surface area (Å²) in [7, 11) is 0. The lowest BCUT2D eigenvalue weighted by Gasteiger charge is -2.09. The highest BCUT2D eigenvalue weighted by molar-refractivity contribution is 5.74. The lowest BCUT2D eigenvalue weighted by molar-refractivity contribution is 1.17. The Bertz CT molecular complexity index is 676. The van der Waals surface area contributed by atoms with E-state index in [1.165, 1.54) is 16.7 Å². The van der Waals surface area contributed by atoms with Gasteiger partial charge in [0.1, 0.15) is 6.33 Å². The van der Waals surface area contributed by atoms with E-state index in [-0.39, 0.29) is 0 Å². The van der Waals surface area contributed by atoms with Gasteiger partial charge in [0.15, 0.2) is 0 Å². The molecule has 0 unspecified atom stereocenters. The van der Waals surface area contributed by atoms with Gasteiger partial charge in [-0.15, -0.1) is 0 Å². The molecule has 2 nitrogen and oxygen atoms in total. The van der Waals surface area contributed by atoms with Gasteiger partial charge in [0, 0.05) is 18.0 Å². The van der Waals surface area contributed by atoms with Gasteiger partial charge in [-0.3, -0.25) is 0 Å². The summed E-state index contributed by atoms with van der Waals surface area (Å²) in [5, 5.41) is 0. The second-order valence-electron chi connectivity index (χ2n) is 4.52. The van der Waals surface area contributed by atoms with Gasteiger partial charge in [-0.1, -0.05) is 42.5 Å². The molecule has 0 aliphatic carbocycles. The molecule has 1 aromatic heterocycles. The number of rotatable bonds is 2. The topological polar surface area (TPSA) is 25.8 Å². The average molecular weight is 246 g/mol. The van der Waals surface area contributed by atoms with Crippen LogP contribution in [0.1, 0.15) is 5.56 Å². The van der Waals surface area contributed by atoms with Crippen molar-refractivity contribution < 1.29 is 0 Å². The fraction of sp³-hybridized carbons (Fsp3) is 0.0588. The smallest absolute Gasteiger partial charge is 0.115 e. The van der Waals surface area contributed by atoms with Crippen molar-refractivity contribution in [3.8, 4) is 22.3 Å². The van der Waals surface area contributed by atoms with Crippen LogP contribution in [0.5, 0.6) is 0 Å². The first-order chi connectivity index (χ1) is 9.34. The lowest BCUT2D eigenvalue weighted by atomic mass is 9.96. The van der Waals surface area contributed by atoms with Crippen molar-refractivity contribution in [1.29, 1.82) is 0 Å². The maximum atomic E-state index is 4.07. The largest absolute Gasteiger partial charge is 0.244 e. The first-order valence-electron chi connectivity index (χ1n) is 6.26. The molecule has 0 N–H and O–H groups in total. The second-order valence-corrected chi connectivity index (χ2v) is 4.52. The Labute approximate surface area is 112 Å². The minimum absolute atomic E-state index is 1.04. The molecule has 0 radical (unpaired) electrons. The molecule has 2 heteroatoms. The average Bonchev–Trinajstić information content (AvgIpc) is 2.49. The van der Waals surface area contributed by atoms with Crippen molar-refractivity contribution in [3.63, 3.8) is 0 Å². The van der Waals surface area contributed by atoms with Crippen LogP contribution in [0, 0.1) is 6.92 Å². The highest BCUT2D eigenvalue weighted by Crippen LogP contribution is 2.28. The normalized spacial score (nSPS) is 10.4. The molecule has 1 heterocycles. The summed E-state index contributed by atoms with van der Waals surface area (Å²) in [6.07, 6.45) is 5.23. The summed E-state index contributed by atoms with van der Waals surface area (Å²) in [4.78, 5) is 8.15. The van der Waals surface area contributed by atoms with Gasteiger partial charge in [-0.2, -0.15) is 0 Å². The number of nitrogens with zero attached hydrogens (tertiary/aromatic N) is 2. The molecule has 0 saturated carbocycles. The van der Waals surface area contributed by atoms with Crippen LogP contribution in [0.3, 0.4) is 0 Å². The molecule has 0 saturated heterocycles. The van der Waals surface area contributed by atoms with Gasteiger partial charge in [-0.05, 0) is 35.2 Å². The van der Waals surface area contributed by atoms with Gasteiger partial charge in [0.05, 0.1) is 0 Å². The van der Waals surface area contributed by atoms with E-state index in [1.54, 1.807) is 6.33 Å². The summed E-state index contributed by atoms with van der Waals surface area (Å²) >= 11 is 0. The van der Waals surface area contributed by atoms with Crippen LogP contribution in [0.4, 0.5) is 0 Å². The van der Waals surface area contributed by atoms with E-state index in [4.69, 9.17) is 0 Å². The molecule has 0 aliphatic rings. The number of aryl methyl sites for hydroxylation is 1. The lowest BCUT2D eigenvalue weighted by Crippen LogP contribution is -1.87. The van der Waals surface area contributed by atoms with E-state index < -0.39 is 0 Å². The van der Waals surface area contributed by atoms with E-state index in [0.29, 0.717) is 0 Å². The van der Waals surface area contributed by atoms with Crippen LogP contribution >= 0.6 is 0 Å². The third-order valence-corrected chi connectivity index (χ3v) is 3.22. The summed E-state index contributed by atoms with van der Waals surface area (Å²) in [6.45, 7) is 2.13. The first kappa shape index (κ1) is 11.6. The summed E-state index contributed by atoms with van der Waals surface area (Å²) in [5.41, 5.74) is 5.94. The van der Waals surface area contributed by atoms with E-state index in [0.717, 1.165) is 11.1 Å².